The molecule has 136 valence electrons. The van der Waals surface area contributed by atoms with Gasteiger partial charge in [-0.2, -0.15) is 23.4 Å². The van der Waals surface area contributed by atoms with Crippen LogP contribution in [-0.2, 0) is 31.1 Å². The maximum atomic E-state index is 12.8. The highest BCUT2D eigenvalue weighted by atomic mass is 19.4. The number of nitrogens with one attached hydrogen (secondary N) is 1. The summed E-state index contributed by atoms with van der Waals surface area (Å²) in [6, 6.07) is 1.11. The molecule has 0 spiro atoms. The number of hydrogen-bond donors (Lipinski definition) is 1. The van der Waals surface area contributed by atoms with Crippen molar-refractivity contribution in [2.45, 2.75) is 51.4 Å². The van der Waals surface area contributed by atoms with Crippen LogP contribution in [0.3, 0.4) is 0 Å². The van der Waals surface area contributed by atoms with E-state index in [1.807, 2.05) is 14.0 Å². The van der Waals surface area contributed by atoms with Crippen molar-refractivity contribution in [2.24, 2.45) is 7.05 Å². The fourth-order valence-corrected chi connectivity index (χ4v) is 2.66. The van der Waals surface area contributed by atoms with Crippen LogP contribution in [0.4, 0.5) is 13.2 Å². The van der Waals surface area contributed by atoms with Crippen molar-refractivity contribution in [1.82, 2.24) is 24.9 Å². The summed E-state index contributed by atoms with van der Waals surface area (Å²) in [5.74, 6) is -0.0984. The van der Waals surface area contributed by atoms with E-state index in [1.54, 1.807) is 10.9 Å². The molecule has 0 radical (unpaired) electrons. The first-order valence-corrected chi connectivity index (χ1v) is 8.15. The van der Waals surface area contributed by atoms with Crippen molar-refractivity contribution < 1.29 is 18.0 Å². The Morgan fingerprint density at radius 3 is 2.68 bits per heavy atom. The molecule has 0 bridgehead atoms. The van der Waals surface area contributed by atoms with E-state index in [-0.39, 0.29) is 24.8 Å². The zero-order valence-corrected chi connectivity index (χ0v) is 14.1. The zero-order chi connectivity index (χ0) is 18.2. The molecule has 6 nitrogen and oxygen atoms in total. The Morgan fingerprint density at radius 1 is 1.40 bits per heavy atom. The third kappa shape index (κ3) is 4.02. The van der Waals surface area contributed by atoms with Gasteiger partial charge in [-0.15, -0.1) is 0 Å². The molecule has 3 rings (SSSR count). The first kappa shape index (κ1) is 17.5. The predicted molar refractivity (Wildman–Crippen MR) is 83.6 cm³/mol. The molecule has 25 heavy (non-hydrogen) atoms. The van der Waals surface area contributed by atoms with Crippen molar-refractivity contribution in [3.8, 4) is 0 Å². The van der Waals surface area contributed by atoms with Gasteiger partial charge in [-0.1, -0.05) is 0 Å². The Bertz CT molecular complexity index is 773. The fourth-order valence-electron chi connectivity index (χ4n) is 2.66. The molecule has 2 aromatic rings. The summed E-state index contributed by atoms with van der Waals surface area (Å²) in [5.41, 5.74) is 1.55. The van der Waals surface area contributed by atoms with Crippen LogP contribution in [0.2, 0.25) is 0 Å². The maximum Gasteiger partial charge on any atom is 0.435 e. The van der Waals surface area contributed by atoms with Crippen LogP contribution < -0.4 is 5.32 Å². The van der Waals surface area contributed by atoms with Gasteiger partial charge in [0.2, 0.25) is 5.91 Å². The first-order chi connectivity index (χ1) is 11.8. The van der Waals surface area contributed by atoms with E-state index in [0.717, 1.165) is 30.2 Å². The summed E-state index contributed by atoms with van der Waals surface area (Å²) < 4.78 is 41.6. The number of carbonyl (C=O) groups is 1. The molecule has 0 aliphatic heterocycles. The number of aromatic nitrogens is 4. The van der Waals surface area contributed by atoms with Crippen LogP contribution >= 0.6 is 0 Å². The van der Waals surface area contributed by atoms with Gasteiger partial charge < -0.3 is 5.32 Å². The van der Waals surface area contributed by atoms with E-state index >= 15 is 0 Å². The van der Waals surface area contributed by atoms with Crippen LogP contribution in [0, 0.1) is 6.92 Å². The highest BCUT2D eigenvalue weighted by Crippen LogP contribution is 2.42. The molecule has 9 heteroatoms. The van der Waals surface area contributed by atoms with Crippen molar-refractivity contribution in [3.05, 3.63) is 34.9 Å². The van der Waals surface area contributed by atoms with Gasteiger partial charge >= 0.3 is 6.18 Å². The fraction of sp³-hybridized carbons (Fsp3) is 0.562. The van der Waals surface area contributed by atoms with Crippen LogP contribution in [0.1, 0.15) is 47.8 Å². The lowest BCUT2D eigenvalue weighted by atomic mass is 10.2. The van der Waals surface area contributed by atoms with Gasteiger partial charge in [-0.25, -0.2) is 0 Å². The monoisotopic (exact) mass is 355 g/mol. The highest BCUT2D eigenvalue weighted by molar-refractivity contribution is 5.75. The molecule has 2 aromatic heterocycles. The van der Waals surface area contributed by atoms with Crippen LogP contribution in [0.5, 0.6) is 0 Å². The largest absolute Gasteiger partial charge is 0.435 e. The number of rotatable bonds is 6. The molecule has 1 amide bonds. The molecule has 2 heterocycles. The van der Waals surface area contributed by atoms with Crippen molar-refractivity contribution in [3.63, 3.8) is 0 Å². The molecule has 1 fully saturated rings. The normalized spacial score (nSPS) is 14.8. The summed E-state index contributed by atoms with van der Waals surface area (Å²) in [7, 11) is 1.82. The molecule has 0 saturated heterocycles. The Balaban J connectivity index is 1.58. The highest BCUT2D eigenvalue weighted by Gasteiger charge is 2.37. The van der Waals surface area contributed by atoms with Gasteiger partial charge in [-0.05, 0) is 25.8 Å². The first-order valence-electron chi connectivity index (χ1n) is 8.15. The molecular weight excluding hydrogens is 335 g/mol. The Kier molecular flexibility index (Phi) is 4.57. The summed E-state index contributed by atoms with van der Waals surface area (Å²) >= 11 is 0. The Hall–Kier alpha value is -2.32. The van der Waals surface area contributed by atoms with Crippen molar-refractivity contribution in [1.29, 1.82) is 0 Å². The van der Waals surface area contributed by atoms with E-state index in [9.17, 15) is 18.0 Å². The number of halogens is 3. The number of aryl methyl sites for hydroxylation is 2. The second-order valence-electron chi connectivity index (χ2n) is 6.36. The summed E-state index contributed by atoms with van der Waals surface area (Å²) in [5, 5.41) is 10.5. The summed E-state index contributed by atoms with van der Waals surface area (Å²) in [6.07, 6.45) is -0.956. The summed E-state index contributed by atoms with van der Waals surface area (Å²) in [6.45, 7) is 2.39. The maximum absolute atomic E-state index is 12.8. The minimum Gasteiger partial charge on any atom is -0.352 e. The lowest BCUT2D eigenvalue weighted by Crippen LogP contribution is -2.24. The molecule has 0 atom stereocenters. The van der Waals surface area contributed by atoms with Crippen molar-refractivity contribution >= 4 is 5.91 Å². The van der Waals surface area contributed by atoms with Gasteiger partial charge in [-0.3, -0.25) is 14.2 Å². The number of alkyl halides is 3. The van der Waals surface area contributed by atoms with Gasteiger partial charge in [0.25, 0.3) is 0 Å². The molecule has 1 N–H and O–H groups in total. The van der Waals surface area contributed by atoms with E-state index < -0.39 is 11.9 Å². The van der Waals surface area contributed by atoms with Crippen molar-refractivity contribution in [2.75, 3.05) is 0 Å². The smallest absolute Gasteiger partial charge is 0.352 e. The van der Waals surface area contributed by atoms with Gasteiger partial charge in [0.15, 0.2) is 5.69 Å². The second-order valence-corrected chi connectivity index (χ2v) is 6.36. The van der Waals surface area contributed by atoms with Gasteiger partial charge in [0.05, 0.1) is 6.20 Å². The summed E-state index contributed by atoms with van der Waals surface area (Å²) in [4.78, 5) is 12.0. The van der Waals surface area contributed by atoms with E-state index in [1.165, 1.54) is 4.68 Å². The Morgan fingerprint density at radius 2 is 2.12 bits per heavy atom. The van der Waals surface area contributed by atoms with Crippen LogP contribution in [0.15, 0.2) is 12.3 Å². The second kappa shape index (κ2) is 6.53. The van der Waals surface area contributed by atoms with E-state index in [2.05, 4.69) is 15.5 Å². The lowest BCUT2D eigenvalue weighted by Gasteiger charge is -2.08. The molecule has 1 aliphatic carbocycles. The number of amides is 1. The molecule has 0 aromatic carbocycles. The van der Waals surface area contributed by atoms with Crippen LogP contribution in [-0.4, -0.2) is 25.5 Å². The molecular formula is C16H20F3N5O. The van der Waals surface area contributed by atoms with E-state index in [0.29, 0.717) is 12.2 Å². The number of carbonyl (C=O) groups excluding carboxylic acids is 1. The SMILES string of the molecule is Cc1c(CNC(=O)CCn2nc(C(F)(F)F)cc2C2CC2)cnn1C. The third-order valence-corrected chi connectivity index (χ3v) is 4.46. The zero-order valence-electron chi connectivity index (χ0n) is 14.1. The average Bonchev–Trinajstić information content (AvgIpc) is 3.21. The minimum absolute atomic E-state index is 0.0814. The minimum atomic E-state index is -4.46. The Labute approximate surface area is 143 Å². The lowest BCUT2D eigenvalue weighted by molar-refractivity contribution is -0.141. The van der Waals surface area contributed by atoms with Gasteiger partial charge in [0.1, 0.15) is 0 Å². The number of hydrogen-bond acceptors (Lipinski definition) is 3. The third-order valence-electron chi connectivity index (χ3n) is 4.46. The molecule has 1 saturated carbocycles. The quantitative estimate of drug-likeness (QED) is 0.866. The molecule has 0 unspecified atom stereocenters. The van der Waals surface area contributed by atoms with E-state index in [4.69, 9.17) is 0 Å². The molecule has 1 aliphatic rings. The van der Waals surface area contributed by atoms with Gasteiger partial charge in [0, 0.05) is 49.4 Å². The predicted octanol–water partition coefficient (Wildman–Crippen LogP) is 2.53. The average molecular weight is 355 g/mol. The van der Waals surface area contributed by atoms with Crippen LogP contribution in [0.25, 0.3) is 0 Å². The number of nitrogens with zero attached hydrogens (tertiary/aromatic N) is 4. The topological polar surface area (TPSA) is 64.7 Å². The standard InChI is InChI=1S/C16H20F3N5O/c1-10-12(9-21-23(10)2)8-20-15(25)5-6-24-13(11-3-4-11)7-14(22-24)16(17,18)19/h7,9,11H,3-6,8H2,1-2H3,(H,20,25).